The lowest BCUT2D eigenvalue weighted by atomic mass is 10.0. The first kappa shape index (κ1) is 32.8. The van der Waals surface area contributed by atoms with Gasteiger partial charge in [-0.2, -0.15) is 0 Å². The van der Waals surface area contributed by atoms with E-state index >= 15 is 0 Å². The van der Waals surface area contributed by atoms with Crippen molar-refractivity contribution < 1.29 is 22.8 Å². The Labute approximate surface area is 263 Å². The van der Waals surface area contributed by atoms with Crippen LogP contribution in [0.1, 0.15) is 28.7 Å². The van der Waals surface area contributed by atoms with Gasteiger partial charge in [0, 0.05) is 66.3 Å². The van der Waals surface area contributed by atoms with Crippen molar-refractivity contribution in [1.82, 2.24) is 0 Å². The molecule has 1 heterocycles. The largest absolute Gasteiger partial charge is 0.359 e. The van der Waals surface area contributed by atoms with Crippen LogP contribution in [0, 0.1) is 0 Å². The van der Waals surface area contributed by atoms with Gasteiger partial charge in [-0.25, -0.2) is 0 Å². The Morgan fingerprint density at radius 3 is 1.42 bits per heavy atom. The van der Waals surface area contributed by atoms with Crippen molar-refractivity contribution in [2.75, 3.05) is 6.61 Å². The maximum atomic E-state index is 6.60. The first-order valence-electron chi connectivity index (χ1n) is 14.6. The Kier molecular flexibility index (Phi) is 14.5. The fourth-order valence-corrected chi connectivity index (χ4v) is 8.19. The SMILES string of the molecule is c1ccc(CPOC[C@@H]2C[C@H](OPCc3ccccc3)[C@H](OPCc3ccccc3)C(OPCc3ccccc3)O2)cc1. The Morgan fingerprint density at radius 1 is 0.512 bits per heavy atom. The third-order valence-electron chi connectivity index (χ3n) is 6.96. The van der Waals surface area contributed by atoms with Gasteiger partial charge in [0.05, 0.1) is 18.8 Å². The number of rotatable bonds is 17. The molecule has 43 heavy (non-hydrogen) atoms. The van der Waals surface area contributed by atoms with Gasteiger partial charge < -0.3 is 22.8 Å². The van der Waals surface area contributed by atoms with Crippen molar-refractivity contribution in [3.05, 3.63) is 144 Å². The summed E-state index contributed by atoms with van der Waals surface area (Å²) in [5.41, 5.74) is 5.06. The second-order valence-corrected chi connectivity index (χ2v) is 13.8. The van der Waals surface area contributed by atoms with Crippen molar-refractivity contribution in [3.8, 4) is 0 Å². The van der Waals surface area contributed by atoms with E-state index in [4.69, 9.17) is 22.8 Å². The Morgan fingerprint density at radius 2 is 0.930 bits per heavy atom. The molecule has 0 amide bonds. The average molecular weight is 653 g/mol. The fourth-order valence-electron chi connectivity index (χ4n) is 4.67. The maximum absolute atomic E-state index is 6.60. The molecule has 1 aliphatic heterocycles. The Hall–Kier alpha value is -1.60. The molecule has 1 fully saturated rings. The lowest BCUT2D eigenvalue weighted by molar-refractivity contribution is -0.221. The molecule has 0 N–H and O–H groups in total. The van der Waals surface area contributed by atoms with Crippen LogP contribution >= 0.6 is 35.2 Å². The molecule has 0 aliphatic carbocycles. The van der Waals surface area contributed by atoms with Crippen molar-refractivity contribution >= 4 is 35.2 Å². The molecule has 0 bridgehead atoms. The molecule has 0 radical (unpaired) electrons. The zero-order chi connectivity index (χ0) is 29.4. The lowest BCUT2D eigenvalue weighted by Crippen LogP contribution is -2.50. The number of hydrogen-bond acceptors (Lipinski definition) is 5. The summed E-state index contributed by atoms with van der Waals surface area (Å²) in [6, 6.07) is 41.8. The van der Waals surface area contributed by atoms with Crippen LogP contribution in [0.15, 0.2) is 121 Å². The molecule has 0 aromatic heterocycles. The molecular weight excluding hydrogens is 612 g/mol. The van der Waals surface area contributed by atoms with E-state index in [0.29, 0.717) is 30.6 Å². The van der Waals surface area contributed by atoms with Crippen LogP contribution in [0.2, 0.25) is 0 Å². The minimum atomic E-state index is -0.517. The van der Waals surface area contributed by atoms with E-state index < -0.39 is 6.29 Å². The van der Waals surface area contributed by atoms with E-state index in [0.717, 1.165) is 24.6 Å². The molecule has 0 saturated carbocycles. The van der Waals surface area contributed by atoms with E-state index in [2.05, 4.69) is 97.1 Å². The van der Waals surface area contributed by atoms with Crippen molar-refractivity contribution in [1.29, 1.82) is 0 Å². The smallest absolute Gasteiger partial charge is 0.190 e. The number of hydrogen-bond donors (Lipinski definition) is 0. The fraction of sp³-hybridized carbons (Fsp3) is 0.294. The van der Waals surface area contributed by atoms with Crippen molar-refractivity contribution in [2.45, 2.75) is 55.7 Å². The highest BCUT2D eigenvalue weighted by atomic mass is 31.1. The normalized spacial score (nSPS) is 21.3. The molecule has 1 aliphatic rings. The highest BCUT2D eigenvalue weighted by Crippen LogP contribution is 2.39. The van der Waals surface area contributed by atoms with Crippen LogP contribution < -0.4 is 0 Å². The summed E-state index contributed by atoms with van der Waals surface area (Å²) in [5, 5.41) is 0. The van der Waals surface area contributed by atoms with Crippen LogP contribution in [-0.4, -0.2) is 31.2 Å². The zero-order valence-corrected chi connectivity index (χ0v) is 28.1. The van der Waals surface area contributed by atoms with Crippen LogP contribution in [0.25, 0.3) is 0 Å². The number of ether oxygens (including phenoxy) is 1. The summed E-state index contributed by atoms with van der Waals surface area (Å²) in [5.74, 6) is 0. The second-order valence-electron chi connectivity index (χ2n) is 10.3. The first-order valence-corrected chi connectivity index (χ1v) is 19.1. The predicted molar refractivity (Wildman–Crippen MR) is 184 cm³/mol. The minimum absolute atomic E-state index is 0.126. The standard InChI is InChI=1S/C34H40O5P4/c1-5-13-27(14-6-1)23-40-35-22-31-21-32(37-41-24-28-15-7-2-8-16-28)33(38-42-25-29-17-9-3-10-18-29)34(36-31)39-43-26-30-19-11-4-12-20-30/h1-20,31-34,40-43H,21-26H2/t31-,32-,33-,34?/m0/s1. The van der Waals surface area contributed by atoms with Gasteiger partial charge >= 0.3 is 0 Å². The first-order chi connectivity index (χ1) is 21.3. The molecule has 4 aromatic rings. The van der Waals surface area contributed by atoms with Gasteiger partial charge in [-0.15, -0.1) is 0 Å². The molecular formula is C34H40O5P4. The third-order valence-corrected chi connectivity index (χ3v) is 10.8. The van der Waals surface area contributed by atoms with E-state index in [1.165, 1.54) is 22.3 Å². The Bertz CT molecular complexity index is 1230. The molecule has 226 valence electrons. The minimum Gasteiger partial charge on any atom is -0.359 e. The summed E-state index contributed by atoms with van der Waals surface area (Å²) < 4.78 is 32.3. The van der Waals surface area contributed by atoms with Gasteiger partial charge in [0.15, 0.2) is 6.29 Å². The molecule has 9 heteroatoms. The quantitative estimate of drug-likeness (QED) is 0.0842. The molecule has 8 atom stereocenters. The molecule has 1 saturated heterocycles. The van der Waals surface area contributed by atoms with E-state index in [1.807, 2.05) is 24.3 Å². The molecule has 0 spiro atoms. The summed E-state index contributed by atoms with van der Waals surface area (Å²) in [4.78, 5) is 0. The van der Waals surface area contributed by atoms with Crippen LogP contribution in [0.5, 0.6) is 0 Å². The highest BCUT2D eigenvalue weighted by molar-refractivity contribution is 7.32. The van der Waals surface area contributed by atoms with Crippen molar-refractivity contribution in [2.24, 2.45) is 0 Å². The van der Waals surface area contributed by atoms with E-state index in [1.54, 1.807) is 0 Å². The van der Waals surface area contributed by atoms with Gasteiger partial charge in [0.25, 0.3) is 0 Å². The maximum Gasteiger partial charge on any atom is 0.190 e. The van der Waals surface area contributed by atoms with Gasteiger partial charge in [0.2, 0.25) is 0 Å². The zero-order valence-electron chi connectivity index (χ0n) is 24.1. The lowest BCUT2D eigenvalue weighted by Gasteiger charge is -2.40. The van der Waals surface area contributed by atoms with E-state index in [9.17, 15) is 0 Å². The monoisotopic (exact) mass is 652 g/mol. The summed E-state index contributed by atoms with van der Waals surface area (Å²) >= 11 is 0. The molecule has 4 aromatic carbocycles. The van der Waals surface area contributed by atoms with Gasteiger partial charge in [-0.1, -0.05) is 121 Å². The summed E-state index contributed by atoms with van der Waals surface area (Å²) in [7, 11) is 1.23. The second kappa shape index (κ2) is 19.0. The predicted octanol–water partition coefficient (Wildman–Crippen LogP) is 9.08. The molecule has 5 unspecified atom stereocenters. The van der Waals surface area contributed by atoms with Crippen LogP contribution in [-0.2, 0) is 47.5 Å². The number of benzene rings is 4. The Balaban J connectivity index is 1.23. The molecule has 5 rings (SSSR count). The summed E-state index contributed by atoms with van der Waals surface area (Å²) in [6.45, 7) is 0.508. The van der Waals surface area contributed by atoms with Crippen LogP contribution in [0.4, 0.5) is 0 Å². The van der Waals surface area contributed by atoms with Crippen LogP contribution in [0.3, 0.4) is 0 Å². The van der Waals surface area contributed by atoms with Gasteiger partial charge in [0.1, 0.15) is 6.10 Å². The van der Waals surface area contributed by atoms with E-state index in [-0.39, 0.29) is 35.9 Å². The van der Waals surface area contributed by atoms with Crippen molar-refractivity contribution in [3.63, 3.8) is 0 Å². The summed E-state index contributed by atoms with van der Waals surface area (Å²) in [6.07, 6.45) is 3.07. The topological polar surface area (TPSA) is 46.2 Å². The van der Waals surface area contributed by atoms with Gasteiger partial charge in [-0.05, 0) is 22.3 Å². The molecule has 5 nitrogen and oxygen atoms in total. The average Bonchev–Trinajstić information content (AvgIpc) is 3.06. The highest BCUT2D eigenvalue weighted by Gasteiger charge is 2.41. The third kappa shape index (κ3) is 11.7. The van der Waals surface area contributed by atoms with Gasteiger partial charge in [-0.3, -0.25) is 0 Å².